The van der Waals surface area contributed by atoms with Crippen LogP contribution < -0.4 is 5.32 Å². The van der Waals surface area contributed by atoms with Gasteiger partial charge in [-0.3, -0.25) is 14.5 Å². The number of fused-ring (bicyclic) bond motifs is 1. The van der Waals surface area contributed by atoms with Gasteiger partial charge in [-0.2, -0.15) is 0 Å². The van der Waals surface area contributed by atoms with Crippen molar-refractivity contribution in [1.29, 1.82) is 0 Å². The molecule has 0 aliphatic heterocycles. The number of carbonyl (C=O) groups excluding carboxylic acids is 2. The zero-order chi connectivity index (χ0) is 15.2. The van der Waals surface area contributed by atoms with E-state index in [1.807, 2.05) is 36.1 Å². The van der Waals surface area contributed by atoms with E-state index in [1.165, 1.54) is 0 Å². The lowest BCUT2D eigenvalue weighted by molar-refractivity contribution is -0.121. The summed E-state index contributed by atoms with van der Waals surface area (Å²) in [7, 11) is 1.59. The molecule has 1 amide bonds. The quantitative estimate of drug-likeness (QED) is 0.792. The van der Waals surface area contributed by atoms with Gasteiger partial charge in [0.1, 0.15) is 5.58 Å². The second-order valence-electron chi connectivity index (χ2n) is 4.96. The summed E-state index contributed by atoms with van der Waals surface area (Å²) in [5.74, 6) is 0.138. The molecule has 1 heterocycles. The third kappa shape index (κ3) is 3.92. The molecule has 112 valence electrons. The van der Waals surface area contributed by atoms with Gasteiger partial charge in [-0.05, 0) is 25.1 Å². The Hall–Kier alpha value is -2.14. The number of hydrogen-bond donors (Lipinski definition) is 1. The van der Waals surface area contributed by atoms with Crippen LogP contribution in [-0.2, 0) is 4.79 Å². The number of Topliss-reactive ketones (excluding diaryl/α,β-unsaturated/α-hetero) is 1. The van der Waals surface area contributed by atoms with Gasteiger partial charge >= 0.3 is 0 Å². The van der Waals surface area contributed by atoms with Crippen LogP contribution in [0.3, 0.4) is 0 Å². The summed E-state index contributed by atoms with van der Waals surface area (Å²) in [6, 6.07) is 9.27. The Bertz CT molecular complexity index is 600. The van der Waals surface area contributed by atoms with Crippen LogP contribution in [0.2, 0.25) is 0 Å². The molecular weight excluding hydrogens is 268 g/mol. The molecule has 5 heteroatoms. The van der Waals surface area contributed by atoms with E-state index in [9.17, 15) is 9.59 Å². The van der Waals surface area contributed by atoms with Crippen LogP contribution in [0.5, 0.6) is 0 Å². The lowest BCUT2D eigenvalue weighted by Crippen LogP contribution is -2.39. The van der Waals surface area contributed by atoms with Crippen LogP contribution in [0.4, 0.5) is 0 Å². The summed E-state index contributed by atoms with van der Waals surface area (Å²) in [6.45, 7) is 3.11. The van der Waals surface area contributed by atoms with Crippen LogP contribution in [0, 0.1) is 0 Å². The van der Waals surface area contributed by atoms with E-state index in [0.717, 1.165) is 11.8 Å². The molecule has 1 N–H and O–H groups in total. The molecule has 2 aromatic rings. The average molecular weight is 288 g/mol. The first-order valence-corrected chi connectivity index (χ1v) is 7.08. The molecule has 1 aromatic heterocycles. The highest BCUT2D eigenvalue weighted by molar-refractivity contribution is 5.99. The summed E-state index contributed by atoms with van der Waals surface area (Å²) < 4.78 is 5.56. The number of hydrogen-bond acceptors (Lipinski definition) is 4. The first-order chi connectivity index (χ1) is 10.1. The Morgan fingerprint density at radius 3 is 2.67 bits per heavy atom. The first kappa shape index (κ1) is 15.3. The van der Waals surface area contributed by atoms with Gasteiger partial charge in [0.15, 0.2) is 5.76 Å². The number of ketones is 1. The predicted molar refractivity (Wildman–Crippen MR) is 81.3 cm³/mol. The molecule has 0 fully saturated rings. The summed E-state index contributed by atoms with van der Waals surface area (Å²) >= 11 is 0. The predicted octanol–water partition coefficient (Wildman–Crippen LogP) is 2.07. The van der Waals surface area contributed by atoms with Gasteiger partial charge in [-0.25, -0.2) is 0 Å². The van der Waals surface area contributed by atoms with E-state index in [0.29, 0.717) is 17.9 Å². The van der Waals surface area contributed by atoms with E-state index < -0.39 is 0 Å². The Morgan fingerprint density at radius 1 is 1.24 bits per heavy atom. The fourth-order valence-corrected chi connectivity index (χ4v) is 2.21. The lowest BCUT2D eigenvalue weighted by atomic mass is 10.2. The van der Waals surface area contributed by atoms with Crippen LogP contribution in [0.1, 0.15) is 23.9 Å². The van der Waals surface area contributed by atoms with Crippen LogP contribution >= 0.6 is 0 Å². The number of nitrogens with one attached hydrogen (secondary N) is 1. The second-order valence-corrected chi connectivity index (χ2v) is 4.96. The van der Waals surface area contributed by atoms with Crippen molar-refractivity contribution in [3.05, 3.63) is 36.1 Å². The number of benzene rings is 1. The molecule has 1 aromatic carbocycles. The zero-order valence-corrected chi connectivity index (χ0v) is 12.4. The highest BCUT2D eigenvalue weighted by Gasteiger charge is 2.17. The van der Waals surface area contributed by atoms with Gasteiger partial charge in [0, 0.05) is 12.4 Å². The topological polar surface area (TPSA) is 62.6 Å². The Kier molecular flexibility index (Phi) is 5.11. The Balaban J connectivity index is 2.08. The van der Waals surface area contributed by atoms with Crippen molar-refractivity contribution in [2.45, 2.75) is 13.3 Å². The summed E-state index contributed by atoms with van der Waals surface area (Å²) in [5.41, 5.74) is 0.703. The Labute approximate surface area is 123 Å². The van der Waals surface area contributed by atoms with Crippen molar-refractivity contribution >= 4 is 22.7 Å². The number of carbonyl (C=O) groups is 2. The summed E-state index contributed by atoms with van der Waals surface area (Å²) in [5, 5.41) is 3.48. The van der Waals surface area contributed by atoms with Crippen molar-refractivity contribution in [1.82, 2.24) is 10.2 Å². The van der Waals surface area contributed by atoms with Crippen molar-refractivity contribution in [3.8, 4) is 0 Å². The number of nitrogens with zero attached hydrogens (tertiary/aromatic N) is 1. The summed E-state index contributed by atoms with van der Waals surface area (Å²) in [6.07, 6.45) is 0.879. The number of amides is 1. The van der Waals surface area contributed by atoms with Crippen molar-refractivity contribution in [2.75, 3.05) is 26.7 Å². The molecule has 0 aliphatic rings. The third-order valence-corrected chi connectivity index (χ3v) is 3.25. The molecule has 0 saturated carbocycles. The first-order valence-electron chi connectivity index (χ1n) is 7.08. The standard InChI is InChI=1S/C16H20N2O3/c1-3-8-18(11-16(20)17-2)10-13(19)15-9-12-6-4-5-7-14(12)21-15/h4-7,9H,3,8,10-11H2,1-2H3,(H,17,20). The van der Waals surface area contributed by atoms with E-state index in [-0.39, 0.29) is 24.8 Å². The monoisotopic (exact) mass is 288 g/mol. The lowest BCUT2D eigenvalue weighted by Gasteiger charge is -2.19. The molecule has 0 saturated heterocycles. The molecule has 0 atom stereocenters. The normalized spacial score (nSPS) is 11.0. The van der Waals surface area contributed by atoms with Crippen molar-refractivity contribution in [3.63, 3.8) is 0 Å². The smallest absolute Gasteiger partial charge is 0.233 e. The molecule has 21 heavy (non-hydrogen) atoms. The van der Waals surface area contributed by atoms with Gasteiger partial charge in [0.05, 0.1) is 13.1 Å². The molecule has 0 radical (unpaired) electrons. The SMILES string of the molecule is CCCN(CC(=O)NC)CC(=O)c1cc2ccccc2o1. The maximum absolute atomic E-state index is 12.3. The number of likely N-dealkylation sites (N-methyl/N-ethyl adjacent to an activating group) is 1. The fraction of sp³-hybridized carbons (Fsp3) is 0.375. The molecule has 0 bridgehead atoms. The highest BCUT2D eigenvalue weighted by atomic mass is 16.3. The largest absolute Gasteiger partial charge is 0.453 e. The number of rotatable bonds is 7. The van der Waals surface area contributed by atoms with Gasteiger partial charge in [0.25, 0.3) is 0 Å². The molecule has 5 nitrogen and oxygen atoms in total. The van der Waals surface area contributed by atoms with Gasteiger partial charge < -0.3 is 9.73 Å². The molecule has 0 unspecified atom stereocenters. The summed E-state index contributed by atoms with van der Waals surface area (Å²) in [4.78, 5) is 25.6. The molecule has 0 aliphatic carbocycles. The number of para-hydroxylation sites is 1. The van der Waals surface area contributed by atoms with E-state index in [4.69, 9.17) is 4.42 Å². The maximum Gasteiger partial charge on any atom is 0.233 e. The van der Waals surface area contributed by atoms with Gasteiger partial charge in [-0.1, -0.05) is 25.1 Å². The average Bonchev–Trinajstić information content (AvgIpc) is 2.91. The van der Waals surface area contributed by atoms with Crippen LogP contribution in [-0.4, -0.2) is 43.3 Å². The van der Waals surface area contributed by atoms with E-state index in [1.54, 1.807) is 13.1 Å². The molecule has 0 spiro atoms. The number of furan rings is 1. The second kappa shape index (κ2) is 7.04. The fourth-order valence-electron chi connectivity index (χ4n) is 2.21. The third-order valence-electron chi connectivity index (χ3n) is 3.25. The minimum atomic E-state index is -0.108. The maximum atomic E-state index is 12.3. The minimum absolute atomic E-state index is 0.0964. The van der Waals surface area contributed by atoms with Crippen molar-refractivity contribution < 1.29 is 14.0 Å². The minimum Gasteiger partial charge on any atom is -0.453 e. The molecule has 2 rings (SSSR count). The zero-order valence-electron chi connectivity index (χ0n) is 12.4. The van der Waals surface area contributed by atoms with E-state index >= 15 is 0 Å². The van der Waals surface area contributed by atoms with Crippen LogP contribution in [0.15, 0.2) is 34.7 Å². The Morgan fingerprint density at radius 2 is 2.00 bits per heavy atom. The highest BCUT2D eigenvalue weighted by Crippen LogP contribution is 2.19. The van der Waals surface area contributed by atoms with E-state index in [2.05, 4.69) is 5.32 Å². The van der Waals surface area contributed by atoms with Gasteiger partial charge in [0.2, 0.25) is 11.7 Å². The van der Waals surface area contributed by atoms with Crippen LogP contribution in [0.25, 0.3) is 11.0 Å². The molecular formula is C16H20N2O3. The van der Waals surface area contributed by atoms with Gasteiger partial charge in [-0.15, -0.1) is 0 Å². The van der Waals surface area contributed by atoms with Crippen molar-refractivity contribution in [2.24, 2.45) is 0 Å².